The number of aliphatic imine (C=N–C) groups is 1. The van der Waals surface area contributed by atoms with Crippen LogP contribution in [0.25, 0.3) is 0 Å². The second-order valence-electron chi connectivity index (χ2n) is 7.51. The minimum atomic E-state index is 0.468. The van der Waals surface area contributed by atoms with Gasteiger partial charge in [-0.15, -0.1) is 11.3 Å². The predicted molar refractivity (Wildman–Crippen MR) is 119 cm³/mol. The van der Waals surface area contributed by atoms with Crippen LogP contribution in [0, 0.1) is 5.92 Å². The number of hydrogen-bond donors (Lipinski definition) is 2. The normalized spacial score (nSPS) is 22.8. The summed E-state index contributed by atoms with van der Waals surface area (Å²) >= 11 is 1.88. The third-order valence-corrected chi connectivity index (χ3v) is 6.61. The van der Waals surface area contributed by atoms with Gasteiger partial charge in [0.2, 0.25) is 0 Å². The number of nitrogens with one attached hydrogen (secondary N) is 2. The third-order valence-electron chi connectivity index (χ3n) is 5.67. The zero-order valence-electron chi connectivity index (χ0n) is 17.9. The molecule has 6 heteroatoms. The quantitative estimate of drug-likeness (QED) is 0.498. The lowest BCUT2D eigenvalue weighted by Crippen LogP contribution is -2.45. The van der Waals surface area contributed by atoms with Gasteiger partial charge >= 0.3 is 0 Å². The van der Waals surface area contributed by atoms with E-state index in [0.29, 0.717) is 18.0 Å². The molecule has 3 atom stereocenters. The molecule has 0 amide bonds. The molecule has 1 saturated heterocycles. The monoisotopic (exact) mass is 393 g/mol. The van der Waals surface area contributed by atoms with Crippen molar-refractivity contribution in [2.45, 2.75) is 52.6 Å². The van der Waals surface area contributed by atoms with E-state index in [1.54, 1.807) is 0 Å². The van der Waals surface area contributed by atoms with Crippen LogP contribution in [0.3, 0.4) is 0 Å². The van der Waals surface area contributed by atoms with E-state index in [1.807, 2.05) is 11.3 Å². The van der Waals surface area contributed by atoms with Crippen LogP contribution < -0.4 is 10.6 Å². The minimum Gasteiger partial charge on any atom is -0.357 e. The van der Waals surface area contributed by atoms with Crippen molar-refractivity contribution in [1.82, 2.24) is 20.4 Å². The fourth-order valence-electron chi connectivity index (χ4n) is 4.14. The molecular formula is C21H39N5S. The molecule has 2 rings (SSSR count). The molecule has 1 fully saturated rings. The van der Waals surface area contributed by atoms with Gasteiger partial charge in [-0.05, 0) is 70.7 Å². The van der Waals surface area contributed by atoms with Crippen molar-refractivity contribution in [3.05, 3.63) is 22.4 Å². The summed E-state index contributed by atoms with van der Waals surface area (Å²) in [5, 5.41) is 9.25. The summed E-state index contributed by atoms with van der Waals surface area (Å²) in [4.78, 5) is 11.3. The van der Waals surface area contributed by atoms with Crippen molar-refractivity contribution in [3.8, 4) is 0 Å². The van der Waals surface area contributed by atoms with E-state index in [4.69, 9.17) is 4.99 Å². The average molecular weight is 394 g/mol. The van der Waals surface area contributed by atoms with E-state index in [2.05, 4.69) is 72.7 Å². The highest BCUT2D eigenvalue weighted by Gasteiger charge is 2.31. The van der Waals surface area contributed by atoms with Crippen LogP contribution in [-0.4, -0.2) is 68.1 Å². The second kappa shape index (κ2) is 11.7. The SMILES string of the molecule is CCNC(=NCC(C)N(CC)CC)NCC1CCCN(C)C1c1cccs1. The summed E-state index contributed by atoms with van der Waals surface area (Å²) in [6.07, 6.45) is 2.55. The Hall–Kier alpha value is -1.11. The lowest BCUT2D eigenvalue weighted by molar-refractivity contribution is 0.125. The fraction of sp³-hybridized carbons (Fsp3) is 0.762. The van der Waals surface area contributed by atoms with E-state index in [0.717, 1.165) is 38.7 Å². The summed E-state index contributed by atoms with van der Waals surface area (Å²) in [6, 6.07) is 5.45. The summed E-state index contributed by atoms with van der Waals surface area (Å²) in [6.45, 7) is 14.9. The molecular weight excluding hydrogens is 354 g/mol. The molecule has 2 heterocycles. The van der Waals surface area contributed by atoms with Gasteiger partial charge in [0.15, 0.2) is 5.96 Å². The Morgan fingerprint density at radius 3 is 2.74 bits per heavy atom. The largest absolute Gasteiger partial charge is 0.357 e. The van der Waals surface area contributed by atoms with Gasteiger partial charge < -0.3 is 10.6 Å². The van der Waals surface area contributed by atoms with Crippen LogP contribution in [-0.2, 0) is 0 Å². The van der Waals surface area contributed by atoms with Crippen LogP contribution in [0.15, 0.2) is 22.5 Å². The van der Waals surface area contributed by atoms with E-state index < -0.39 is 0 Å². The van der Waals surface area contributed by atoms with Crippen molar-refractivity contribution >= 4 is 17.3 Å². The number of rotatable bonds is 9. The average Bonchev–Trinajstić information content (AvgIpc) is 3.19. The van der Waals surface area contributed by atoms with Crippen LogP contribution in [0.5, 0.6) is 0 Å². The van der Waals surface area contributed by atoms with E-state index in [9.17, 15) is 0 Å². The molecule has 3 unspecified atom stereocenters. The van der Waals surface area contributed by atoms with Crippen molar-refractivity contribution in [2.24, 2.45) is 10.9 Å². The second-order valence-corrected chi connectivity index (χ2v) is 8.49. The van der Waals surface area contributed by atoms with Gasteiger partial charge in [-0.2, -0.15) is 0 Å². The summed E-state index contributed by atoms with van der Waals surface area (Å²) < 4.78 is 0. The third kappa shape index (κ3) is 6.47. The molecule has 0 saturated carbocycles. The van der Waals surface area contributed by atoms with Gasteiger partial charge in [0.25, 0.3) is 0 Å². The first-order valence-corrected chi connectivity index (χ1v) is 11.5. The Morgan fingerprint density at radius 2 is 2.11 bits per heavy atom. The number of thiophene rings is 1. The number of piperidine rings is 1. The van der Waals surface area contributed by atoms with E-state index in [-0.39, 0.29) is 0 Å². The maximum atomic E-state index is 4.86. The first-order valence-electron chi connectivity index (χ1n) is 10.6. The minimum absolute atomic E-state index is 0.468. The fourth-order valence-corrected chi connectivity index (χ4v) is 5.12. The Morgan fingerprint density at radius 1 is 1.33 bits per heavy atom. The molecule has 0 aromatic carbocycles. The zero-order valence-corrected chi connectivity index (χ0v) is 18.7. The Bertz CT molecular complexity index is 541. The summed E-state index contributed by atoms with van der Waals surface area (Å²) in [7, 11) is 2.27. The van der Waals surface area contributed by atoms with Gasteiger partial charge in [-0.25, -0.2) is 0 Å². The van der Waals surface area contributed by atoms with Gasteiger partial charge in [-0.1, -0.05) is 19.9 Å². The van der Waals surface area contributed by atoms with Crippen molar-refractivity contribution in [3.63, 3.8) is 0 Å². The maximum absolute atomic E-state index is 4.86. The molecule has 0 aliphatic carbocycles. The van der Waals surface area contributed by atoms with Crippen molar-refractivity contribution in [1.29, 1.82) is 0 Å². The van der Waals surface area contributed by atoms with Gasteiger partial charge in [0.05, 0.1) is 6.54 Å². The molecule has 1 aromatic heterocycles. The van der Waals surface area contributed by atoms with Gasteiger partial charge in [0.1, 0.15) is 0 Å². The lowest BCUT2D eigenvalue weighted by atomic mass is 9.88. The topological polar surface area (TPSA) is 42.9 Å². The zero-order chi connectivity index (χ0) is 19.6. The van der Waals surface area contributed by atoms with Crippen molar-refractivity contribution < 1.29 is 0 Å². The molecule has 5 nitrogen and oxygen atoms in total. The van der Waals surface area contributed by atoms with E-state index in [1.165, 1.54) is 24.3 Å². The number of hydrogen-bond acceptors (Lipinski definition) is 4. The lowest BCUT2D eigenvalue weighted by Gasteiger charge is -2.39. The van der Waals surface area contributed by atoms with Gasteiger partial charge in [0, 0.05) is 30.1 Å². The predicted octanol–water partition coefficient (Wildman–Crippen LogP) is 3.42. The summed E-state index contributed by atoms with van der Waals surface area (Å²) in [5.41, 5.74) is 0. The molecule has 0 spiro atoms. The Kier molecular flexibility index (Phi) is 9.59. The smallest absolute Gasteiger partial charge is 0.191 e. The number of guanidine groups is 1. The van der Waals surface area contributed by atoms with E-state index >= 15 is 0 Å². The number of nitrogens with zero attached hydrogens (tertiary/aromatic N) is 3. The first kappa shape index (κ1) is 22.2. The van der Waals surface area contributed by atoms with Crippen molar-refractivity contribution in [2.75, 3.05) is 46.3 Å². The number of likely N-dealkylation sites (N-methyl/N-ethyl adjacent to an activating group) is 1. The molecule has 27 heavy (non-hydrogen) atoms. The highest BCUT2D eigenvalue weighted by atomic mass is 32.1. The molecule has 154 valence electrons. The Labute approximate surface area is 170 Å². The molecule has 2 N–H and O–H groups in total. The van der Waals surface area contributed by atoms with Crippen LogP contribution in [0.2, 0.25) is 0 Å². The molecule has 1 aliphatic rings. The standard InChI is InChI=1S/C21H39N5S/c1-6-22-21(23-15-17(4)26(7-2)8-3)24-16-18-11-9-13-25(5)20(18)19-12-10-14-27-19/h10,12,14,17-18,20H,6-9,11,13,15-16H2,1-5H3,(H2,22,23,24). The molecule has 1 aromatic rings. The van der Waals surface area contributed by atoms with Crippen LogP contribution >= 0.6 is 11.3 Å². The Balaban J connectivity index is 1.97. The number of likely N-dealkylation sites (tertiary alicyclic amines) is 1. The molecule has 0 bridgehead atoms. The molecule has 1 aliphatic heterocycles. The highest BCUT2D eigenvalue weighted by Crippen LogP contribution is 2.36. The molecule has 0 radical (unpaired) electrons. The maximum Gasteiger partial charge on any atom is 0.191 e. The first-order chi connectivity index (χ1) is 13.1. The summed E-state index contributed by atoms with van der Waals surface area (Å²) in [5.74, 6) is 1.57. The van der Waals surface area contributed by atoms with Crippen LogP contribution in [0.1, 0.15) is 51.5 Å². The highest BCUT2D eigenvalue weighted by molar-refractivity contribution is 7.10. The van der Waals surface area contributed by atoms with Gasteiger partial charge in [-0.3, -0.25) is 14.8 Å². The van der Waals surface area contributed by atoms with Crippen LogP contribution in [0.4, 0.5) is 0 Å².